The molecule has 21 heavy (non-hydrogen) atoms. The molecule has 1 heterocycles. The van der Waals surface area contributed by atoms with Gasteiger partial charge < -0.3 is 5.73 Å². The van der Waals surface area contributed by atoms with Crippen LogP contribution in [0.1, 0.15) is 24.5 Å². The van der Waals surface area contributed by atoms with Crippen LogP contribution in [0.3, 0.4) is 0 Å². The van der Waals surface area contributed by atoms with Gasteiger partial charge in [0.2, 0.25) is 11.8 Å². The van der Waals surface area contributed by atoms with Gasteiger partial charge in [-0.15, -0.1) is 0 Å². The van der Waals surface area contributed by atoms with E-state index in [9.17, 15) is 9.59 Å². The molecule has 1 aliphatic rings. The van der Waals surface area contributed by atoms with E-state index in [4.69, 9.17) is 29.6 Å². The van der Waals surface area contributed by atoms with Crippen molar-refractivity contribution in [1.29, 1.82) is 0 Å². The fourth-order valence-electron chi connectivity index (χ4n) is 2.38. The monoisotopic (exact) mass is 325 g/mol. The van der Waals surface area contributed by atoms with E-state index in [0.717, 1.165) is 5.56 Å². The molecular formula is C14H16ClN3O2S. The molecule has 1 aliphatic heterocycles. The molecule has 0 bridgehead atoms. The lowest BCUT2D eigenvalue weighted by molar-refractivity contribution is -0.140. The Labute approximate surface area is 133 Å². The van der Waals surface area contributed by atoms with Crippen molar-refractivity contribution in [2.75, 3.05) is 6.54 Å². The summed E-state index contributed by atoms with van der Waals surface area (Å²) in [7, 11) is 0. The van der Waals surface area contributed by atoms with Crippen LogP contribution in [0.5, 0.6) is 0 Å². The number of hydrogen-bond acceptors (Lipinski definition) is 4. The molecule has 1 saturated heterocycles. The fraction of sp³-hybridized carbons (Fsp3) is 0.357. The first kappa shape index (κ1) is 15.9. The molecule has 112 valence electrons. The maximum Gasteiger partial charge on any atom is 0.243 e. The maximum absolute atomic E-state index is 11.8. The highest BCUT2D eigenvalue weighted by atomic mass is 35.5. The molecule has 1 unspecified atom stereocenters. The Morgan fingerprint density at radius 1 is 1.52 bits per heavy atom. The minimum absolute atomic E-state index is 0.178. The highest BCUT2D eigenvalue weighted by Crippen LogP contribution is 2.22. The molecule has 0 aliphatic carbocycles. The van der Waals surface area contributed by atoms with Crippen molar-refractivity contribution in [2.45, 2.75) is 25.9 Å². The summed E-state index contributed by atoms with van der Waals surface area (Å²) in [5.74, 6) is -0.551. The third kappa shape index (κ3) is 3.58. The molecule has 1 fully saturated rings. The topological polar surface area (TPSA) is 75.4 Å². The van der Waals surface area contributed by atoms with E-state index in [1.807, 2.05) is 17.9 Å². The minimum Gasteiger partial charge on any atom is -0.389 e. The molecule has 1 atom stereocenters. The van der Waals surface area contributed by atoms with Crippen LogP contribution >= 0.6 is 23.8 Å². The number of nitrogens with zero attached hydrogens (tertiary/aromatic N) is 1. The van der Waals surface area contributed by atoms with Crippen LogP contribution in [0.15, 0.2) is 18.2 Å². The summed E-state index contributed by atoms with van der Waals surface area (Å²) in [4.78, 5) is 25.5. The molecule has 2 rings (SSSR count). The second-order valence-electron chi connectivity index (χ2n) is 4.91. The Hall–Kier alpha value is -1.50. The molecule has 0 radical (unpaired) electrons. The van der Waals surface area contributed by atoms with Crippen molar-refractivity contribution in [3.05, 3.63) is 34.3 Å². The maximum atomic E-state index is 11.8. The van der Waals surface area contributed by atoms with Gasteiger partial charge in [0.1, 0.15) is 4.99 Å². The Kier molecular flexibility index (Phi) is 4.92. The van der Waals surface area contributed by atoms with Crippen LogP contribution in [-0.2, 0) is 16.1 Å². The molecule has 1 aromatic carbocycles. The lowest BCUT2D eigenvalue weighted by atomic mass is 10.1. The summed E-state index contributed by atoms with van der Waals surface area (Å²) >= 11 is 11.1. The van der Waals surface area contributed by atoms with Crippen LogP contribution in [0, 0.1) is 0 Å². The quantitative estimate of drug-likeness (QED) is 0.643. The highest BCUT2D eigenvalue weighted by molar-refractivity contribution is 7.80. The number of nitrogens with two attached hydrogens (primary N) is 1. The van der Waals surface area contributed by atoms with Gasteiger partial charge in [-0.3, -0.25) is 19.8 Å². The van der Waals surface area contributed by atoms with Gasteiger partial charge in [0.25, 0.3) is 0 Å². The Morgan fingerprint density at radius 2 is 2.24 bits per heavy atom. The zero-order chi connectivity index (χ0) is 15.6. The number of piperazine rings is 1. The predicted molar refractivity (Wildman–Crippen MR) is 85.0 cm³/mol. The number of carbonyl (C=O) groups excluding carboxylic acids is 2. The molecule has 1 aromatic rings. The first-order valence-corrected chi connectivity index (χ1v) is 7.37. The van der Waals surface area contributed by atoms with Crippen LogP contribution in [-0.4, -0.2) is 34.3 Å². The molecule has 5 nitrogen and oxygen atoms in total. The molecule has 3 N–H and O–H groups in total. The van der Waals surface area contributed by atoms with E-state index in [1.54, 1.807) is 12.1 Å². The zero-order valence-electron chi connectivity index (χ0n) is 11.6. The van der Waals surface area contributed by atoms with Crippen molar-refractivity contribution >= 4 is 40.6 Å². The van der Waals surface area contributed by atoms with Gasteiger partial charge in [-0.2, -0.15) is 0 Å². The number of halogens is 1. The molecule has 0 aromatic heterocycles. The third-order valence-electron chi connectivity index (χ3n) is 3.45. The fourth-order valence-corrected chi connectivity index (χ4v) is 2.75. The van der Waals surface area contributed by atoms with Gasteiger partial charge in [-0.1, -0.05) is 42.9 Å². The van der Waals surface area contributed by atoms with Crippen LogP contribution < -0.4 is 11.1 Å². The lowest BCUT2D eigenvalue weighted by Crippen LogP contribution is -2.57. The Morgan fingerprint density at radius 3 is 2.81 bits per heavy atom. The number of rotatable bonds is 4. The van der Waals surface area contributed by atoms with Crippen LogP contribution in [0.25, 0.3) is 0 Å². The van der Waals surface area contributed by atoms with Crippen molar-refractivity contribution in [2.24, 2.45) is 5.73 Å². The van der Waals surface area contributed by atoms with Crippen LogP contribution in [0.2, 0.25) is 5.02 Å². The van der Waals surface area contributed by atoms with E-state index in [-0.39, 0.29) is 29.4 Å². The first-order chi connectivity index (χ1) is 9.92. The average molecular weight is 326 g/mol. The van der Waals surface area contributed by atoms with E-state index >= 15 is 0 Å². The first-order valence-electron chi connectivity index (χ1n) is 6.58. The zero-order valence-corrected chi connectivity index (χ0v) is 13.1. The summed E-state index contributed by atoms with van der Waals surface area (Å²) in [6.07, 6.45) is 0.627. The normalized spacial score (nSPS) is 19.4. The second kappa shape index (κ2) is 6.51. The summed E-state index contributed by atoms with van der Waals surface area (Å²) in [6.45, 7) is 2.51. The summed E-state index contributed by atoms with van der Waals surface area (Å²) in [6, 6.07) is 4.98. The SMILES string of the molecule is CCC1C(=O)NC(=O)CN1Cc1ccc(C(N)=S)cc1Cl. The third-order valence-corrected chi connectivity index (χ3v) is 4.04. The Balaban J connectivity index is 2.21. The summed E-state index contributed by atoms with van der Waals surface area (Å²) < 4.78 is 0. The van der Waals surface area contributed by atoms with Gasteiger partial charge in [0, 0.05) is 17.1 Å². The minimum atomic E-state index is -0.325. The predicted octanol–water partition coefficient (Wildman–Crippen LogP) is 1.21. The summed E-state index contributed by atoms with van der Waals surface area (Å²) in [5.41, 5.74) is 7.09. The summed E-state index contributed by atoms with van der Waals surface area (Å²) in [5, 5.41) is 2.87. The molecular weight excluding hydrogens is 310 g/mol. The molecule has 0 spiro atoms. The number of thiocarbonyl (C=S) groups is 1. The van der Waals surface area contributed by atoms with Crippen molar-refractivity contribution in [1.82, 2.24) is 10.2 Å². The van der Waals surface area contributed by atoms with E-state index in [2.05, 4.69) is 5.32 Å². The van der Waals surface area contributed by atoms with Crippen molar-refractivity contribution in [3.8, 4) is 0 Å². The largest absolute Gasteiger partial charge is 0.389 e. The van der Waals surface area contributed by atoms with Gasteiger partial charge in [-0.25, -0.2) is 0 Å². The number of carbonyl (C=O) groups is 2. The molecule has 2 amide bonds. The number of benzene rings is 1. The Bertz CT molecular complexity index is 606. The number of amides is 2. The average Bonchev–Trinajstić information content (AvgIpc) is 2.40. The smallest absolute Gasteiger partial charge is 0.243 e. The van der Waals surface area contributed by atoms with E-state index in [0.29, 0.717) is 23.6 Å². The van der Waals surface area contributed by atoms with Crippen molar-refractivity contribution < 1.29 is 9.59 Å². The molecule has 7 heteroatoms. The van der Waals surface area contributed by atoms with Gasteiger partial charge in [-0.05, 0) is 18.1 Å². The van der Waals surface area contributed by atoms with Gasteiger partial charge in [0.15, 0.2) is 0 Å². The lowest BCUT2D eigenvalue weighted by Gasteiger charge is -2.33. The number of nitrogens with one attached hydrogen (secondary N) is 1. The van der Waals surface area contributed by atoms with E-state index in [1.165, 1.54) is 0 Å². The van der Waals surface area contributed by atoms with Crippen molar-refractivity contribution in [3.63, 3.8) is 0 Å². The number of hydrogen-bond donors (Lipinski definition) is 2. The second-order valence-corrected chi connectivity index (χ2v) is 5.76. The highest BCUT2D eigenvalue weighted by Gasteiger charge is 2.32. The van der Waals surface area contributed by atoms with Gasteiger partial charge in [0.05, 0.1) is 12.6 Å². The van der Waals surface area contributed by atoms with Crippen LogP contribution in [0.4, 0.5) is 0 Å². The van der Waals surface area contributed by atoms with E-state index < -0.39 is 0 Å². The van der Waals surface area contributed by atoms with Gasteiger partial charge >= 0.3 is 0 Å². The standard InChI is InChI=1S/C14H16ClN3O2S/c1-2-11-14(20)17-12(19)7-18(11)6-9-4-3-8(13(16)21)5-10(9)15/h3-5,11H,2,6-7H2,1H3,(H2,16,21)(H,17,19,20). The number of imide groups is 1. The molecule has 0 saturated carbocycles.